The van der Waals surface area contributed by atoms with E-state index in [0.29, 0.717) is 41.0 Å². The first kappa shape index (κ1) is 24.0. The average molecular weight is 450 g/mol. The molecule has 0 spiro atoms. The zero-order valence-corrected chi connectivity index (χ0v) is 19.8. The Kier molecular flexibility index (Phi) is 8.19. The number of ether oxygens (including phenoxy) is 4. The number of nitrogens with one attached hydrogen (secondary N) is 1. The lowest BCUT2D eigenvalue weighted by Crippen LogP contribution is -2.13. The average Bonchev–Trinajstić information content (AvgIpc) is 2.83. The van der Waals surface area contributed by atoms with Crippen LogP contribution in [0.1, 0.15) is 48.2 Å². The van der Waals surface area contributed by atoms with Crippen LogP contribution in [0.4, 0.5) is 5.69 Å². The van der Waals surface area contributed by atoms with E-state index in [-0.39, 0.29) is 12.5 Å². The van der Waals surface area contributed by atoms with Crippen molar-refractivity contribution in [3.8, 4) is 23.0 Å². The quantitative estimate of drug-likeness (QED) is 0.408. The van der Waals surface area contributed by atoms with Gasteiger partial charge in [0.1, 0.15) is 18.1 Å². The standard InChI is InChI=1S/C27H31NO5/c1-6-32-23-13-11-19(27(29)28-21-12-14-25(30-4)26(16-21)31-5)15-20(23)17-33-24-10-8-7-9-22(24)18(2)3/h7-16,18H,6,17H2,1-5H3,(H,28,29). The fourth-order valence-electron chi connectivity index (χ4n) is 3.49. The zero-order chi connectivity index (χ0) is 23.8. The Morgan fingerprint density at radius 2 is 1.58 bits per heavy atom. The van der Waals surface area contributed by atoms with Crippen molar-refractivity contribution in [3.63, 3.8) is 0 Å². The second-order valence-electron chi connectivity index (χ2n) is 7.76. The van der Waals surface area contributed by atoms with E-state index < -0.39 is 0 Å². The molecule has 0 radical (unpaired) electrons. The molecule has 0 saturated carbocycles. The van der Waals surface area contributed by atoms with Gasteiger partial charge in [-0.15, -0.1) is 0 Å². The van der Waals surface area contributed by atoms with Gasteiger partial charge in [0.15, 0.2) is 11.5 Å². The molecule has 0 aliphatic carbocycles. The van der Waals surface area contributed by atoms with Gasteiger partial charge < -0.3 is 24.3 Å². The van der Waals surface area contributed by atoms with E-state index in [1.165, 1.54) is 0 Å². The number of anilines is 1. The highest BCUT2D eigenvalue weighted by Gasteiger charge is 2.14. The molecule has 0 aliphatic rings. The lowest BCUT2D eigenvalue weighted by atomic mass is 10.0. The highest BCUT2D eigenvalue weighted by atomic mass is 16.5. The van der Waals surface area contributed by atoms with Crippen LogP contribution in [0.2, 0.25) is 0 Å². The van der Waals surface area contributed by atoms with Crippen molar-refractivity contribution in [1.29, 1.82) is 0 Å². The smallest absolute Gasteiger partial charge is 0.255 e. The molecule has 0 atom stereocenters. The van der Waals surface area contributed by atoms with Gasteiger partial charge in [0.25, 0.3) is 5.91 Å². The van der Waals surface area contributed by atoms with Gasteiger partial charge in [-0.1, -0.05) is 32.0 Å². The van der Waals surface area contributed by atoms with Gasteiger partial charge in [-0.2, -0.15) is 0 Å². The van der Waals surface area contributed by atoms with Gasteiger partial charge in [0.05, 0.1) is 20.8 Å². The summed E-state index contributed by atoms with van der Waals surface area (Å²) in [5, 5.41) is 2.90. The number of benzene rings is 3. The number of carbonyl (C=O) groups is 1. The molecule has 0 fully saturated rings. The molecular weight excluding hydrogens is 418 g/mol. The van der Waals surface area contributed by atoms with Gasteiger partial charge in [0.2, 0.25) is 0 Å². The van der Waals surface area contributed by atoms with Crippen LogP contribution in [0, 0.1) is 0 Å². The molecule has 6 nitrogen and oxygen atoms in total. The van der Waals surface area contributed by atoms with Crippen LogP contribution in [0.3, 0.4) is 0 Å². The Morgan fingerprint density at radius 3 is 2.27 bits per heavy atom. The first-order valence-corrected chi connectivity index (χ1v) is 11.0. The van der Waals surface area contributed by atoms with Crippen LogP contribution in [0.15, 0.2) is 60.7 Å². The van der Waals surface area contributed by atoms with Gasteiger partial charge in [-0.25, -0.2) is 0 Å². The number of methoxy groups -OCH3 is 2. The number of rotatable bonds is 10. The van der Waals surface area contributed by atoms with Crippen molar-refractivity contribution in [1.82, 2.24) is 0 Å². The summed E-state index contributed by atoms with van der Waals surface area (Å²) in [7, 11) is 3.12. The number of hydrogen-bond acceptors (Lipinski definition) is 5. The number of hydrogen-bond donors (Lipinski definition) is 1. The summed E-state index contributed by atoms with van der Waals surface area (Å²) in [6, 6.07) is 18.6. The molecule has 3 aromatic carbocycles. The number of carbonyl (C=O) groups excluding carboxylic acids is 1. The maximum atomic E-state index is 12.9. The van der Waals surface area contributed by atoms with E-state index in [4.69, 9.17) is 18.9 Å². The number of amides is 1. The summed E-state index contributed by atoms with van der Waals surface area (Å²) in [6.45, 7) is 7.00. The molecule has 0 heterocycles. The Bertz CT molecular complexity index is 1090. The third kappa shape index (κ3) is 5.98. The van der Waals surface area contributed by atoms with Crippen LogP contribution in [0.25, 0.3) is 0 Å². The summed E-state index contributed by atoms with van der Waals surface area (Å²) in [5.41, 5.74) is 3.05. The lowest BCUT2D eigenvalue weighted by molar-refractivity contribution is 0.102. The molecule has 1 N–H and O–H groups in total. The van der Waals surface area contributed by atoms with Crippen molar-refractivity contribution < 1.29 is 23.7 Å². The fourth-order valence-corrected chi connectivity index (χ4v) is 3.49. The van der Waals surface area contributed by atoms with E-state index in [2.05, 4.69) is 25.2 Å². The van der Waals surface area contributed by atoms with E-state index >= 15 is 0 Å². The second kappa shape index (κ2) is 11.3. The molecule has 1 amide bonds. The van der Waals surface area contributed by atoms with Crippen molar-refractivity contribution in [2.24, 2.45) is 0 Å². The minimum absolute atomic E-state index is 0.242. The van der Waals surface area contributed by atoms with E-state index in [9.17, 15) is 4.79 Å². The van der Waals surface area contributed by atoms with E-state index in [0.717, 1.165) is 16.9 Å². The number of para-hydroxylation sites is 1. The van der Waals surface area contributed by atoms with Gasteiger partial charge in [0, 0.05) is 22.9 Å². The van der Waals surface area contributed by atoms with Crippen LogP contribution >= 0.6 is 0 Å². The molecule has 0 unspecified atom stereocenters. The first-order chi connectivity index (χ1) is 16.0. The van der Waals surface area contributed by atoms with E-state index in [1.807, 2.05) is 25.1 Å². The molecule has 0 aromatic heterocycles. The Balaban J connectivity index is 1.81. The monoisotopic (exact) mass is 449 g/mol. The largest absolute Gasteiger partial charge is 0.493 e. The summed E-state index contributed by atoms with van der Waals surface area (Å²) >= 11 is 0. The summed E-state index contributed by atoms with van der Waals surface area (Å²) in [4.78, 5) is 12.9. The van der Waals surface area contributed by atoms with Crippen LogP contribution in [-0.2, 0) is 6.61 Å². The van der Waals surface area contributed by atoms with Crippen molar-refractivity contribution in [3.05, 3.63) is 77.4 Å². The van der Waals surface area contributed by atoms with Crippen LogP contribution in [-0.4, -0.2) is 26.7 Å². The van der Waals surface area contributed by atoms with Crippen molar-refractivity contribution in [2.75, 3.05) is 26.1 Å². The maximum Gasteiger partial charge on any atom is 0.255 e. The Morgan fingerprint density at radius 1 is 0.848 bits per heavy atom. The molecule has 33 heavy (non-hydrogen) atoms. The second-order valence-corrected chi connectivity index (χ2v) is 7.76. The summed E-state index contributed by atoms with van der Waals surface area (Å²) < 4.78 is 22.5. The van der Waals surface area contributed by atoms with Gasteiger partial charge in [-0.05, 0) is 54.8 Å². The Labute approximate surface area is 195 Å². The predicted octanol–water partition coefficient (Wildman–Crippen LogP) is 6.06. The van der Waals surface area contributed by atoms with Gasteiger partial charge >= 0.3 is 0 Å². The van der Waals surface area contributed by atoms with Crippen molar-refractivity contribution in [2.45, 2.75) is 33.3 Å². The minimum atomic E-state index is -0.242. The van der Waals surface area contributed by atoms with Gasteiger partial charge in [-0.3, -0.25) is 4.79 Å². The van der Waals surface area contributed by atoms with Crippen LogP contribution < -0.4 is 24.3 Å². The van der Waals surface area contributed by atoms with Crippen molar-refractivity contribution >= 4 is 11.6 Å². The topological polar surface area (TPSA) is 66.0 Å². The SMILES string of the molecule is CCOc1ccc(C(=O)Nc2ccc(OC)c(OC)c2)cc1COc1ccccc1C(C)C. The maximum absolute atomic E-state index is 12.9. The summed E-state index contributed by atoms with van der Waals surface area (Å²) in [5.74, 6) is 2.76. The first-order valence-electron chi connectivity index (χ1n) is 11.0. The molecule has 6 heteroatoms. The molecule has 0 aliphatic heterocycles. The highest BCUT2D eigenvalue weighted by Crippen LogP contribution is 2.31. The zero-order valence-electron chi connectivity index (χ0n) is 19.8. The molecular formula is C27H31NO5. The third-order valence-corrected chi connectivity index (χ3v) is 5.19. The molecule has 0 saturated heterocycles. The molecule has 0 bridgehead atoms. The molecule has 174 valence electrons. The van der Waals surface area contributed by atoms with E-state index in [1.54, 1.807) is 50.6 Å². The predicted molar refractivity (Wildman–Crippen MR) is 130 cm³/mol. The minimum Gasteiger partial charge on any atom is -0.493 e. The highest BCUT2D eigenvalue weighted by molar-refractivity contribution is 6.04. The Hall–Kier alpha value is -3.67. The molecule has 3 aromatic rings. The molecule has 3 rings (SSSR count). The van der Waals surface area contributed by atoms with Crippen LogP contribution in [0.5, 0.6) is 23.0 Å². The third-order valence-electron chi connectivity index (χ3n) is 5.19. The normalized spacial score (nSPS) is 10.6. The lowest BCUT2D eigenvalue weighted by Gasteiger charge is -2.16. The summed E-state index contributed by atoms with van der Waals surface area (Å²) in [6.07, 6.45) is 0. The fraction of sp³-hybridized carbons (Fsp3) is 0.296.